The first kappa shape index (κ1) is 12.1. The summed E-state index contributed by atoms with van der Waals surface area (Å²) < 4.78 is 5.59. The minimum atomic E-state index is -0.251. The Kier molecular flexibility index (Phi) is 4.63. The van der Waals surface area contributed by atoms with Gasteiger partial charge in [-0.25, -0.2) is 0 Å². The van der Waals surface area contributed by atoms with Crippen molar-refractivity contribution in [2.45, 2.75) is 45.8 Å². The molecule has 0 unspecified atom stereocenters. The lowest BCUT2D eigenvalue weighted by Gasteiger charge is -2.12. The maximum absolute atomic E-state index is 9.54. The topological polar surface area (TPSA) is 29.5 Å². The van der Waals surface area contributed by atoms with Gasteiger partial charge in [-0.3, -0.25) is 0 Å². The molecule has 0 amide bonds. The molecule has 0 aromatic heterocycles. The molecule has 0 heterocycles. The van der Waals surface area contributed by atoms with Crippen LogP contribution in [0.5, 0.6) is 5.75 Å². The fourth-order valence-corrected chi connectivity index (χ4v) is 1.43. The van der Waals surface area contributed by atoms with Gasteiger partial charge in [-0.2, -0.15) is 0 Å². The summed E-state index contributed by atoms with van der Waals surface area (Å²) in [6.07, 6.45) is 1.43. The molecule has 1 aromatic rings. The largest absolute Gasteiger partial charge is 0.491 e. The van der Waals surface area contributed by atoms with E-state index in [-0.39, 0.29) is 12.2 Å². The van der Waals surface area contributed by atoms with Crippen LogP contribution in [0.3, 0.4) is 0 Å². The van der Waals surface area contributed by atoms with Gasteiger partial charge in [-0.05, 0) is 44.4 Å². The number of rotatable bonds is 5. The molecule has 0 saturated heterocycles. The van der Waals surface area contributed by atoms with E-state index in [4.69, 9.17) is 4.74 Å². The molecule has 2 heteroatoms. The van der Waals surface area contributed by atoms with Crippen LogP contribution in [-0.2, 0) is 6.42 Å². The predicted octanol–water partition coefficient (Wildman–Crippen LogP) is 2.79. The molecule has 0 aliphatic carbocycles. The molecule has 84 valence electrons. The van der Waals surface area contributed by atoms with Gasteiger partial charge in [0.2, 0.25) is 0 Å². The second kappa shape index (κ2) is 5.76. The Balaban J connectivity index is 2.65. The molecule has 1 rings (SSSR count). The van der Waals surface area contributed by atoms with Crippen LogP contribution in [-0.4, -0.2) is 17.3 Å². The summed E-state index contributed by atoms with van der Waals surface area (Å²) in [4.78, 5) is 0. The molecule has 0 fully saturated rings. The molecule has 0 spiro atoms. The van der Waals surface area contributed by atoms with Gasteiger partial charge in [0.05, 0.1) is 12.2 Å². The van der Waals surface area contributed by atoms with E-state index in [2.05, 4.69) is 0 Å². The standard InChI is InChI=1S/C13H20O2/c1-4-12(14)8-11-6-5-7-13(9-11)15-10(2)3/h5-7,9-10,12,14H,4,8H2,1-3H3/t12-/m0/s1. The molecular weight excluding hydrogens is 188 g/mol. The highest BCUT2D eigenvalue weighted by molar-refractivity contribution is 5.29. The number of aliphatic hydroxyl groups is 1. The van der Waals surface area contributed by atoms with Crippen LogP contribution < -0.4 is 4.74 Å². The van der Waals surface area contributed by atoms with Crippen molar-refractivity contribution in [1.82, 2.24) is 0 Å². The van der Waals surface area contributed by atoms with Crippen molar-refractivity contribution < 1.29 is 9.84 Å². The SMILES string of the molecule is CC[C@H](O)Cc1cccc(OC(C)C)c1. The van der Waals surface area contributed by atoms with Crippen LogP contribution in [0.2, 0.25) is 0 Å². The number of hydrogen-bond acceptors (Lipinski definition) is 2. The van der Waals surface area contributed by atoms with Gasteiger partial charge in [0.15, 0.2) is 0 Å². The van der Waals surface area contributed by atoms with Crippen molar-refractivity contribution in [2.24, 2.45) is 0 Å². The molecule has 0 saturated carbocycles. The summed E-state index contributed by atoms with van der Waals surface area (Å²) in [5, 5.41) is 9.54. The maximum Gasteiger partial charge on any atom is 0.119 e. The molecule has 1 aromatic carbocycles. The van der Waals surface area contributed by atoms with Crippen LogP contribution in [0.4, 0.5) is 0 Å². The first-order chi connectivity index (χ1) is 7.11. The van der Waals surface area contributed by atoms with Gasteiger partial charge < -0.3 is 9.84 Å². The summed E-state index contributed by atoms with van der Waals surface area (Å²) in [5.41, 5.74) is 1.13. The minimum absolute atomic E-state index is 0.191. The maximum atomic E-state index is 9.54. The second-order valence-corrected chi connectivity index (χ2v) is 4.08. The van der Waals surface area contributed by atoms with E-state index in [0.29, 0.717) is 6.42 Å². The van der Waals surface area contributed by atoms with E-state index in [0.717, 1.165) is 17.7 Å². The normalized spacial score (nSPS) is 12.9. The lowest BCUT2D eigenvalue weighted by atomic mass is 10.1. The van der Waals surface area contributed by atoms with Crippen molar-refractivity contribution in [3.63, 3.8) is 0 Å². The van der Waals surface area contributed by atoms with Crippen LogP contribution in [0.1, 0.15) is 32.8 Å². The zero-order valence-corrected chi connectivity index (χ0v) is 9.73. The Bertz CT molecular complexity index is 294. The highest BCUT2D eigenvalue weighted by Gasteiger charge is 2.04. The fourth-order valence-electron chi connectivity index (χ4n) is 1.43. The van der Waals surface area contributed by atoms with E-state index >= 15 is 0 Å². The summed E-state index contributed by atoms with van der Waals surface area (Å²) in [5.74, 6) is 0.880. The molecule has 0 radical (unpaired) electrons. The highest BCUT2D eigenvalue weighted by Crippen LogP contribution is 2.16. The molecule has 15 heavy (non-hydrogen) atoms. The van der Waals surface area contributed by atoms with Crippen molar-refractivity contribution >= 4 is 0 Å². The lowest BCUT2D eigenvalue weighted by molar-refractivity contribution is 0.170. The monoisotopic (exact) mass is 208 g/mol. The Morgan fingerprint density at radius 3 is 2.67 bits per heavy atom. The third kappa shape index (κ3) is 4.34. The van der Waals surface area contributed by atoms with Gasteiger partial charge in [0.1, 0.15) is 5.75 Å². The summed E-state index contributed by atoms with van der Waals surface area (Å²) in [6.45, 7) is 6.00. The Morgan fingerprint density at radius 1 is 1.33 bits per heavy atom. The number of ether oxygens (including phenoxy) is 1. The van der Waals surface area contributed by atoms with Crippen LogP contribution in [0, 0.1) is 0 Å². The quantitative estimate of drug-likeness (QED) is 0.806. The summed E-state index contributed by atoms with van der Waals surface area (Å²) >= 11 is 0. The van der Waals surface area contributed by atoms with Crippen molar-refractivity contribution in [3.8, 4) is 5.75 Å². The van der Waals surface area contributed by atoms with Gasteiger partial charge in [0.25, 0.3) is 0 Å². The van der Waals surface area contributed by atoms with E-state index in [9.17, 15) is 5.11 Å². The Hall–Kier alpha value is -1.02. The zero-order valence-electron chi connectivity index (χ0n) is 9.73. The molecule has 0 bridgehead atoms. The minimum Gasteiger partial charge on any atom is -0.491 e. The van der Waals surface area contributed by atoms with E-state index in [1.807, 2.05) is 45.0 Å². The van der Waals surface area contributed by atoms with Crippen LogP contribution in [0.15, 0.2) is 24.3 Å². The van der Waals surface area contributed by atoms with Crippen molar-refractivity contribution in [1.29, 1.82) is 0 Å². The first-order valence-electron chi connectivity index (χ1n) is 5.55. The molecule has 2 nitrogen and oxygen atoms in total. The van der Waals surface area contributed by atoms with Gasteiger partial charge in [-0.15, -0.1) is 0 Å². The van der Waals surface area contributed by atoms with Crippen LogP contribution in [0.25, 0.3) is 0 Å². The summed E-state index contributed by atoms with van der Waals surface area (Å²) in [6, 6.07) is 7.93. The fraction of sp³-hybridized carbons (Fsp3) is 0.538. The molecule has 1 N–H and O–H groups in total. The lowest BCUT2D eigenvalue weighted by Crippen LogP contribution is -2.09. The van der Waals surface area contributed by atoms with E-state index < -0.39 is 0 Å². The first-order valence-corrected chi connectivity index (χ1v) is 5.55. The number of benzene rings is 1. The average Bonchev–Trinajstić information content (AvgIpc) is 2.17. The van der Waals surface area contributed by atoms with Crippen LogP contribution >= 0.6 is 0 Å². The summed E-state index contributed by atoms with van der Waals surface area (Å²) in [7, 11) is 0. The van der Waals surface area contributed by atoms with E-state index in [1.54, 1.807) is 0 Å². The van der Waals surface area contributed by atoms with Gasteiger partial charge in [0, 0.05) is 0 Å². The Labute approximate surface area is 91.9 Å². The number of aliphatic hydroxyl groups excluding tert-OH is 1. The van der Waals surface area contributed by atoms with Crippen molar-refractivity contribution in [3.05, 3.63) is 29.8 Å². The number of hydrogen-bond donors (Lipinski definition) is 1. The molecule has 0 aliphatic heterocycles. The zero-order chi connectivity index (χ0) is 11.3. The predicted molar refractivity (Wildman–Crippen MR) is 62.2 cm³/mol. The smallest absolute Gasteiger partial charge is 0.119 e. The third-order valence-electron chi connectivity index (χ3n) is 2.21. The highest BCUT2D eigenvalue weighted by atomic mass is 16.5. The molecular formula is C13H20O2. The Morgan fingerprint density at radius 2 is 2.07 bits per heavy atom. The van der Waals surface area contributed by atoms with Gasteiger partial charge in [-0.1, -0.05) is 19.1 Å². The average molecular weight is 208 g/mol. The molecule has 0 aliphatic rings. The molecule has 1 atom stereocenters. The van der Waals surface area contributed by atoms with E-state index in [1.165, 1.54) is 0 Å². The third-order valence-corrected chi connectivity index (χ3v) is 2.21. The van der Waals surface area contributed by atoms with Gasteiger partial charge >= 0.3 is 0 Å². The second-order valence-electron chi connectivity index (χ2n) is 4.08. The van der Waals surface area contributed by atoms with Crippen molar-refractivity contribution in [2.75, 3.05) is 0 Å².